The van der Waals surface area contributed by atoms with Crippen LogP contribution in [0.2, 0.25) is 0 Å². The van der Waals surface area contributed by atoms with Crippen LogP contribution in [0.4, 0.5) is 5.82 Å². The van der Waals surface area contributed by atoms with Crippen LogP contribution < -0.4 is 20.5 Å². The number of nitrogens with zero attached hydrogens (tertiary/aromatic N) is 4. The summed E-state index contributed by atoms with van der Waals surface area (Å²) in [4.78, 5) is 39.2. The van der Waals surface area contributed by atoms with Crippen molar-refractivity contribution in [3.63, 3.8) is 0 Å². The van der Waals surface area contributed by atoms with Crippen LogP contribution in [0.1, 0.15) is 74.5 Å². The number of aryl methyl sites for hydroxylation is 1. The number of nitriles is 1. The number of aromatic nitrogens is 2. The van der Waals surface area contributed by atoms with Crippen molar-refractivity contribution < 1.29 is 28.4 Å². The molecule has 2 unspecified atom stereocenters. The topological polar surface area (TPSA) is 148 Å². The summed E-state index contributed by atoms with van der Waals surface area (Å²) < 4.78 is 26.5. The molecule has 2 N–H and O–H groups in total. The fourth-order valence-corrected chi connectivity index (χ4v) is 7.57. The first-order chi connectivity index (χ1) is 27.9. The largest absolute Gasteiger partial charge is 0.497 e. The fourth-order valence-electron chi connectivity index (χ4n) is 6.39. The lowest BCUT2D eigenvalue weighted by Crippen LogP contribution is -2.37. The van der Waals surface area contributed by atoms with Crippen molar-refractivity contribution in [2.45, 2.75) is 77.8 Å². The van der Waals surface area contributed by atoms with Crippen LogP contribution in [0, 0.1) is 11.3 Å². The van der Waals surface area contributed by atoms with Crippen LogP contribution in [-0.4, -0.2) is 64.0 Å². The van der Waals surface area contributed by atoms with Gasteiger partial charge in [0.25, 0.3) is 14.4 Å². The van der Waals surface area contributed by atoms with Gasteiger partial charge in [-0.05, 0) is 100 Å². The Morgan fingerprint density at radius 3 is 1.83 bits per heavy atom. The summed E-state index contributed by atoms with van der Waals surface area (Å²) in [6, 6.07) is 38.7. The van der Waals surface area contributed by atoms with Gasteiger partial charge in [0.15, 0.2) is 0 Å². The summed E-state index contributed by atoms with van der Waals surface area (Å²) in [5, 5.41) is 11.0. The van der Waals surface area contributed by atoms with E-state index in [0.29, 0.717) is 31.6 Å². The second kappa shape index (κ2) is 22.5. The number of methoxy groups -OCH3 is 2. The molecule has 13 heteroatoms. The predicted molar refractivity (Wildman–Crippen MR) is 228 cm³/mol. The van der Waals surface area contributed by atoms with E-state index in [0.717, 1.165) is 28.2 Å². The van der Waals surface area contributed by atoms with Gasteiger partial charge in [0.2, 0.25) is 0 Å². The van der Waals surface area contributed by atoms with E-state index < -0.39 is 19.8 Å². The highest BCUT2D eigenvalue weighted by Gasteiger charge is 2.39. The number of benzene rings is 4. The number of hydrogen-bond donors (Lipinski definition) is 2. The second-order valence-electron chi connectivity index (χ2n) is 13.9. The quantitative estimate of drug-likeness (QED) is 0.0501. The molecule has 0 aliphatic heterocycles. The minimum Gasteiger partial charge on any atom is -0.497 e. The molecule has 58 heavy (non-hydrogen) atoms. The molecular weight excluding hydrogens is 753 g/mol. The van der Waals surface area contributed by atoms with Gasteiger partial charge >= 0.3 is 5.69 Å². The van der Waals surface area contributed by atoms with Crippen LogP contribution in [-0.2, 0) is 21.4 Å². The molecule has 1 heterocycles. The maximum absolute atomic E-state index is 12.9. The third-order valence-electron chi connectivity index (χ3n) is 9.16. The Morgan fingerprint density at radius 2 is 1.34 bits per heavy atom. The monoisotopic (exact) mass is 807 g/mol. The lowest BCUT2D eigenvalue weighted by Gasteiger charge is -2.38. The lowest BCUT2D eigenvalue weighted by molar-refractivity contribution is -0.0435. The van der Waals surface area contributed by atoms with Gasteiger partial charge in [0.05, 0.1) is 39.4 Å². The molecule has 0 bridgehead atoms. The molecular formula is C45H54N5O7P. The number of carbonyl (C=O) groups is 1. The van der Waals surface area contributed by atoms with Crippen LogP contribution in [0.25, 0.3) is 0 Å². The summed E-state index contributed by atoms with van der Waals surface area (Å²) in [6.07, 6.45) is 2.20. The fraction of sp³-hybridized carbons (Fsp3) is 0.333. The maximum Gasteiger partial charge on any atom is 0.349 e. The second-order valence-corrected chi connectivity index (χ2v) is 15.1. The molecule has 0 aliphatic carbocycles. The first-order valence-electron chi connectivity index (χ1n) is 19.2. The van der Waals surface area contributed by atoms with Crippen molar-refractivity contribution in [1.29, 1.82) is 5.26 Å². The molecule has 0 spiro atoms. The van der Waals surface area contributed by atoms with E-state index in [2.05, 4.69) is 22.4 Å². The van der Waals surface area contributed by atoms with E-state index in [4.69, 9.17) is 24.0 Å². The average Bonchev–Trinajstić information content (AvgIpc) is 3.23. The third-order valence-corrected chi connectivity index (χ3v) is 10.9. The number of hydrogen-bond acceptors (Lipinski definition) is 10. The van der Waals surface area contributed by atoms with Crippen molar-refractivity contribution in [3.05, 3.63) is 154 Å². The van der Waals surface area contributed by atoms with Crippen molar-refractivity contribution in [1.82, 2.24) is 14.2 Å². The van der Waals surface area contributed by atoms with Gasteiger partial charge in [-0.2, -0.15) is 10.2 Å². The first-order valence-corrected chi connectivity index (χ1v) is 20.3. The normalized spacial score (nSPS) is 12.3. The van der Waals surface area contributed by atoms with Crippen molar-refractivity contribution in [2.75, 3.05) is 26.1 Å². The molecule has 0 saturated carbocycles. The summed E-state index contributed by atoms with van der Waals surface area (Å²) in [6.45, 7) is 10.7. The molecule has 5 aromatic rings. The number of nitrogens with one attached hydrogen (secondary N) is 1. The molecule has 1 amide bonds. The van der Waals surface area contributed by atoms with E-state index in [-0.39, 0.29) is 29.9 Å². The van der Waals surface area contributed by atoms with Gasteiger partial charge in [-0.1, -0.05) is 72.8 Å². The van der Waals surface area contributed by atoms with E-state index in [1.165, 1.54) is 4.57 Å². The van der Waals surface area contributed by atoms with Crippen molar-refractivity contribution >= 4 is 20.3 Å². The Balaban J connectivity index is 0.000000454. The molecule has 306 valence electrons. The van der Waals surface area contributed by atoms with E-state index >= 15 is 0 Å². The van der Waals surface area contributed by atoms with Crippen molar-refractivity contribution in [3.8, 4) is 17.6 Å². The van der Waals surface area contributed by atoms with Gasteiger partial charge < -0.3 is 28.9 Å². The first kappa shape index (κ1) is 45.3. The minimum absolute atomic E-state index is 0.200. The highest BCUT2D eigenvalue weighted by molar-refractivity contribution is 7.43. The Bertz CT molecular complexity index is 2040. The smallest absolute Gasteiger partial charge is 0.349 e. The number of anilines is 1. The summed E-state index contributed by atoms with van der Waals surface area (Å²) >= 11 is 0. The predicted octanol–water partition coefficient (Wildman–Crippen LogP) is 8.55. The number of carbonyl (C=O) groups excluding carboxylic acids is 1. The summed E-state index contributed by atoms with van der Waals surface area (Å²) in [7, 11) is 1.73. The Morgan fingerprint density at radius 1 is 0.828 bits per heavy atom. The molecule has 0 aliphatic rings. The highest BCUT2D eigenvalue weighted by atomic mass is 31.2. The number of rotatable bonds is 18. The van der Waals surface area contributed by atoms with Gasteiger partial charge in [0, 0.05) is 30.4 Å². The van der Waals surface area contributed by atoms with Gasteiger partial charge in [0.1, 0.15) is 22.9 Å². The minimum atomic E-state index is -1.55. The SMILES string of the molecule is CC(C)N(C(C)C)P(O)OCCC#N.COc1ccc(C(OC(C)CCn2ccc(NC(=O)c3ccccc3)nc2=O)(c2ccccc2)c2ccc(OC)cc2)cc1. The van der Waals surface area contributed by atoms with Gasteiger partial charge in [-0.15, -0.1) is 0 Å². The molecule has 12 nitrogen and oxygen atoms in total. The van der Waals surface area contributed by atoms with Crippen LogP contribution in [0.15, 0.2) is 126 Å². The zero-order valence-corrected chi connectivity index (χ0v) is 35.1. The van der Waals surface area contributed by atoms with E-state index in [1.807, 2.05) is 118 Å². The van der Waals surface area contributed by atoms with Crippen LogP contribution >= 0.6 is 8.53 Å². The Kier molecular flexibility index (Phi) is 17.6. The molecule has 2 atom stereocenters. The molecule has 5 rings (SSSR count). The van der Waals surface area contributed by atoms with Crippen molar-refractivity contribution in [2.24, 2.45) is 0 Å². The summed E-state index contributed by atoms with van der Waals surface area (Å²) in [5.74, 6) is 1.36. The molecule has 0 fully saturated rings. The molecule has 0 saturated heterocycles. The number of ether oxygens (including phenoxy) is 3. The third kappa shape index (κ3) is 12.3. The van der Waals surface area contributed by atoms with E-state index in [1.54, 1.807) is 50.7 Å². The van der Waals surface area contributed by atoms with Gasteiger partial charge in [-0.3, -0.25) is 9.36 Å². The average molecular weight is 808 g/mol. The Hall–Kier alpha value is -5.41. The maximum atomic E-state index is 12.9. The van der Waals surface area contributed by atoms with Gasteiger partial charge in [-0.25, -0.2) is 9.46 Å². The molecule has 4 aromatic carbocycles. The highest BCUT2D eigenvalue weighted by Crippen LogP contribution is 2.43. The number of amides is 1. The lowest BCUT2D eigenvalue weighted by atomic mass is 9.79. The van der Waals surface area contributed by atoms with Crippen LogP contribution in [0.3, 0.4) is 0 Å². The molecule has 1 aromatic heterocycles. The van der Waals surface area contributed by atoms with Crippen LogP contribution in [0.5, 0.6) is 11.5 Å². The van der Waals surface area contributed by atoms with E-state index in [9.17, 15) is 14.5 Å². The Labute approximate surface area is 343 Å². The molecule has 0 radical (unpaired) electrons. The standard InChI is InChI=1S/C36H35N3O5.C9H19N2O2P/c1-26(22-24-39-25-23-33(38-35(39)41)37-34(40)27-10-6-4-7-11-27)44-36(28-12-8-5-9-13-28,29-14-18-31(42-2)19-15-29)30-16-20-32(43-3)21-17-30;1-8(2)11(9(3)4)14(12)13-7-5-6-10/h4-21,23,25-26H,22,24H2,1-3H3,(H,37,38,40,41);8-9,12H,5,7H2,1-4H3. The zero-order valence-electron chi connectivity index (χ0n) is 34.2. The zero-order chi connectivity index (χ0) is 42.1. The summed E-state index contributed by atoms with van der Waals surface area (Å²) in [5.41, 5.74) is 1.88.